The maximum atomic E-state index is 13.0. The first kappa shape index (κ1) is 27.0. The van der Waals surface area contributed by atoms with Gasteiger partial charge in [-0.15, -0.1) is 0 Å². The number of pyridine rings is 1. The molecule has 4 aromatic rings. The number of carbonyl (C=O) groups is 2. The van der Waals surface area contributed by atoms with Crippen LogP contribution in [0.2, 0.25) is 0 Å². The summed E-state index contributed by atoms with van der Waals surface area (Å²) in [5.74, 6) is 1.47. The minimum atomic E-state index is -0.422. The molecule has 0 unspecified atom stereocenters. The zero-order valence-corrected chi connectivity index (χ0v) is 22.5. The predicted octanol–water partition coefficient (Wildman–Crippen LogP) is 5.50. The molecule has 3 aromatic heterocycles. The Morgan fingerprint density at radius 3 is 2.68 bits per heavy atom. The van der Waals surface area contributed by atoms with Crippen molar-refractivity contribution >= 4 is 22.6 Å². The number of Topliss-reactive ketones (excluding diaryl/α,β-unsaturated/α-hetero) is 1. The predicted molar refractivity (Wildman–Crippen MR) is 145 cm³/mol. The van der Waals surface area contributed by atoms with Crippen molar-refractivity contribution in [3.05, 3.63) is 59.9 Å². The van der Waals surface area contributed by atoms with Crippen LogP contribution in [0.1, 0.15) is 68.8 Å². The van der Waals surface area contributed by atoms with E-state index in [0.717, 1.165) is 41.6 Å². The van der Waals surface area contributed by atoms with E-state index in [4.69, 9.17) is 9.15 Å². The quantitative estimate of drug-likeness (QED) is 0.233. The topological polar surface area (TPSA) is 112 Å². The van der Waals surface area contributed by atoms with Crippen molar-refractivity contribution in [1.82, 2.24) is 25.1 Å². The molecule has 9 heteroatoms. The van der Waals surface area contributed by atoms with Gasteiger partial charge in [-0.2, -0.15) is 5.10 Å². The molecule has 1 atom stereocenters. The summed E-state index contributed by atoms with van der Waals surface area (Å²) >= 11 is 0. The molecule has 0 saturated heterocycles. The maximum Gasteiger partial charge on any atom is 0.242 e. The number of aryl methyl sites for hydroxylation is 2. The Morgan fingerprint density at radius 2 is 1.95 bits per heavy atom. The molecule has 1 N–H and O–H groups in total. The molecule has 1 amide bonds. The van der Waals surface area contributed by atoms with Crippen LogP contribution in [0.5, 0.6) is 5.88 Å². The van der Waals surface area contributed by atoms with Crippen LogP contribution in [-0.4, -0.2) is 38.5 Å². The third-order valence-corrected chi connectivity index (χ3v) is 6.54. The fourth-order valence-electron chi connectivity index (χ4n) is 4.50. The number of amides is 1. The molecular formula is C29H35N5O4. The monoisotopic (exact) mass is 517 g/mol. The zero-order valence-electron chi connectivity index (χ0n) is 22.5. The Bertz CT molecular complexity index is 1410. The number of para-hydroxylation sites is 1. The van der Waals surface area contributed by atoms with Gasteiger partial charge in [0.1, 0.15) is 18.4 Å². The molecule has 9 nitrogen and oxygen atoms in total. The van der Waals surface area contributed by atoms with E-state index in [9.17, 15) is 9.59 Å². The van der Waals surface area contributed by atoms with Gasteiger partial charge in [0.2, 0.25) is 17.7 Å². The number of methoxy groups -OCH3 is 1. The van der Waals surface area contributed by atoms with Gasteiger partial charge in [0.05, 0.1) is 30.1 Å². The molecule has 4 rings (SSSR count). The molecule has 3 heterocycles. The van der Waals surface area contributed by atoms with Crippen LogP contribution in [0, 0.1) is 13.8 Å². The van der Waals surface area contributed by atoms with Crippen LogP contribution in [0.3, 0.4) is 0 Å². The first-order chi connectivity index (χ1) is 18.4. The zero-order chi connectivity index (χ0) is 27.1. The molecule has 1 aromatic carbocycles. The Hall–Kier alpha value is -4.01. The van der Waals surface area contributed by atoms with Gasteiger partial charge in [0.25, 0.3) is 0 Å². The van der Waals surface area contributed by atoms with Gasteiger partial charge in [-0.05, 0) is 44.9 Å². The second kappa shape index (κ2) is 12.5. The minimum Gasteiger partial charge on any atom is -0.480 e. The molecule has 0 saturated carbocycles. The minimum absolute atomic E-state index is 0.108. The van der Waals surface area contributed by atoms with Crippen LogP contribution in [0.15, 0.2) is 47.0 Å². The molecule has 0 bridgehead atoms. The lowest BCUT2D eigenvalue weighted by molar-refractivity contribution is -0.123. The third-order valence-electron chi connectivity index (χ3n) is 6.54. The van der Waals surface area contributed by atoms with Crippen molar-refractivity contribution in [3.8, 4) is 17.2 Å². The molecule has 200 valence electrons. The Morgan fingerprint density at radius 1 is 1.13 bits per heavy atom. The first-order valence-electron chi connectivity index (χ1n) is 13.1. The molecule has 38 heavy (non-hydrogen) atoms. The number of aromatic nitrogens is 4. The highest BCUT2D eigenvalue weighted by molar-refractivity contribution is 5.85. The summed E-state index contributed by atoms with van der Waals surface area (Å²) < 4.78 is 13.4. The van der Waals surface area contributed by atoms with Crippen LogP contribution >= 0.6 is 0 Å². The van der Waals surface area contributed by atoms with E-state index in [2.05, 4.69) is 20.4 Å². The van der Waals surface area contributed by atoms with Crippen molar-refractivity contribution in [2.24, 2.45) is 0 Å². The van der Waals surface area contributed by atoms with Crippen LogP contribution in [0.25, 0.3) is 22.2 Å². The van der Waals surface area contributed by atoms with Gasteiger partial charge in [-0.1, -0.05) is 38.0 Å². The number of carbonyl (C=O) groups excluding carboxylic acids is 2. The number of rotatable bonds is 13. The molecule has 0 fully saturated rings. The van der Waals surface area contributed by atoms with Gasteiger partial charge in [-0.3, -0.25) is 14.3 Å². The molecule has 0 spiro atoms. The summed E-state index contributed by atoms with van der Waals surface area (Å²) in [6.07, 6.45) is 5.96. The smallest absolute Gasteiger partial charge is 0.242 e. The summed E-state index contributed by atoms with van der Waals surface area (Å²) in [6.45, 7) is 5.82. The normalized spacial score (nSPS) is 12.0. The lowest BCUT2D eigenvalue weighted by Gasteiger charge is -2.16. The van der Waals surface area contributed by atoms with E-state index in [1.807, 2.05) is 57.2 Å². The number of fused-ring (bicyclic) bond motifs is 1. The fourth-order valence-corrected chi connectivity index (χ4v) is 4.50. The molecule has 0 radical (unpaired) electrons. The number of hydrogen-bond acceptors (Lipinski definition) is 7. The fraction of sp³-hybridized carbons (Fsp3) is 0.414. The lowest BCUT2D eigenvalue weighted by Crippen LogP contribution is -2.32. The maximum absolute atomic E-state index is 13.0. The van der Waals surface area contributed by atoms with Crippen LogP contribution in [0.4, 0.5) is 0 Å². The van der Waals surface area contributed by atoms with Crippen molar-refractivity contribution in [1.29, 1.82) is 0 Å². The molecule has 0 aliphatic carbocycles. The van der Waals surface area contributed by atoms with E-state index in [1.165, 1.54) is 0 Å². The average molecular weight is 518 g/mol. The Balaban J connectivity index is 1.53. The number of nitrogens with one attached hydrogen (secondary N) is 1. The standard InChI is InChI=1S/C29H35N5O4/c1-5-22(35)12-7-6-8-14-25(31-27(36)18-34-20(3)15-19(2)33-34)29-30-17-26(38-29)23-16-21-11-9-10-13-24(21)32-28(23)37-4/h9-11,13,15-17,25H,5-8,12,14,18H2,1-4H3,(H,31,36)/t25-/m0/s1. The van der Waals surface area contributed by atoms with E-state index in [-0.39, 0.29) is 18.2 Å². The number of nitrogens with zero attached hydrogens (tertiary/aromatic N) is 4. The highest BCUT2D eigenvalue weighted by Gasteiger charge is 2.22. The van der Waals surface area contributed by atoms with Gasteiger partial charge < -0.3 is 14.5 Å². The number of oxazole rings is 1. The summed E-state index contributed by atoms with van der Waals surface area (Å²) in [7, 11) is 1.57. The first-order valence-corrected chi connectivity index (χ1v) is 13.1. The van der Waals surface area contributed by atoms with Crippen molar-refractivity contribution in [2.45, 2.75) is 71.9 Å². The molecule has 0 aliphatic heterocycles. The van der Waals surface area contributed by atoms with Crippen molar-refractivity contribution in [3.63, 3.8) is 0 Å². The Labute approximate surface area is 222 Å². The van der Waals surface area contributed by atoms with E-state index < -0.39 is 6.04 Å². The molecular weight excluding hydrogens is 482 g/mol. The second-order valence-corrected chi connectivity index (χ2v) is 9.50. The lowest BCUT2D eigenvalue weighted by atomic mass is 10.0. The van der Waals surface area contributed by atoms with Gasteiger partial charge in [-0.25, -0.2) is 9.97 Å². The third kappa shape index (κ3) is 6.65. The van der Waals surface area contributed by atoms with Gasteiger partial charge >= 0.3 is 0 Å². The SMILES string of the molecule is CCC(=O)CCCCC[C@H](NC(=O)Cn1nc(C)cc1C)c1ncc(-c2cc3ccccc3nc2OC)o1. The number of ether oxygens (including phenoxy) is 1. The van der Waals surface area contributed by atoms with Crippen molar-refractivity contribution in [2.75, 3.05) is 7.11 Å². The molecule has 0 aliphatic rings. The summed E-state index contributed by atoms with van der Waals surface area (Å²) in [6, 6.07) is 11.3. The van der Waals surface area contributed by atoms with E-state index >= 15 is 0 Å². The van der Waals surface area contributed by atoms with Crippen molar-refractivity contribution < 1.29 is 18.7 Å². The summed E-state index contributed by atoms with van der Waals surface area (Å²) in [5.41, 5.74) is 3.30. The number of unbranched alkanes of at least 4 members (excludes halogenated alkanes) is 2. The Kier molecular flexibility index (Phi) is 8.89. The van der Waals surface area contributed by atoms with Gasteiger partial charge in [0.15, 0.2) is 5.76 Å². The summed E-state index contributed by atoms with van der Waals surface area (Å²) in [4.78, 5) is 33.8. The number of benzene rings is 1. The largest absolute Gasteiger partial charge is 0.480 e. The van der Waals surface area contributed by atoms with E-state index in [0.29, 0.717) is 42.4 Å². The highest BCUT2D eigenvalue weighted by Crippen LogP contribution is 2.33. The van der Waals surface area contributed by atoms with Crippen LogP contribution in [-0.2, 0) is 16.1 Å². The number of hydrogen-bond donors (Lipinski definition) is 1. The highest BCUT2D eigenvalue weighted by atomic mass is 16.5. The summed E-state index contributed by atoms with van der Waals surface area (Å²) in [5, 5.41) is 8.43. The second-order valence-electron chi connectivity index (χ2n) is 9.50. The van der Waals surface area contributed by atoms with E-state index in [1.54, 1.807) is 18.0 Å². The van der Waals surface area contributed by atoms with Gasteiger partial charge in [0, 0.05) is 23.9 Å². The van der Waals surface area contributed by atoms with Crippen LogP contribution < -0.4 is 10.1 Å². The number of ketones is 1. The average Bonchev–Trinajstić information content (AvgIpc) is 3.52.